The molecule has 0 aliphatic heterocycles. The maximum Gasteiger partial charge on any atom is 0.219 e. The number of aromatic amines is 1. The lowest BCUT2D eigenvalue weighted by Crippen LogP contribution is -2.25. The molecule has 4 nitrogen and oxygen atoms in total. The molecule has 1 amide bonds. The van der Waals surface area contributed by atoms with E-state index < -0.39 is 0 Å². The van der Waals surface area contributed by atoms with Gasteiger partial charge < -0.3 is 10.3 Å². The minimum absolute atomic E-state index is 0.135. The number of aryl methyl sites for hydroxylation is 1. The van der Waals surface area contributed by atoms with Gasteiger partial charge in [-0.1, -0.05) is 13.0 Å². The van der Waals surface area contributed by atoms with Crippen molar-refractivity contribution in [2.45, 2.75) is 33.1 Å². The number of imidazole rings is 1. The molecular weight excluding hydrogens is 226 g/mol. The summed E-state index contributed by atoms with van der Waals surface area (Å²) in [7, 11) is 0. The first kappa shape index (κ1) is 12.6. The SMILES string of the molecule is CCCC(=O)NCCc1ccc2nc(C)[nH]c2c1. The average Bonchev–Trinajstić information content (AvgIpc) is 2.69. The van der Waals surface area contributed by atoms with Crippen molar-refractivity contribution in [3.8, 4) is 0 Å². The molecule has 0 saturated heterocycles. The van der Waals surface area contributed by atoms with E-state index in [0.29, 0.717) is 13.0 Å². The van der Waals surface area contributed by atoms with Crippen molar-refractivity contribution in [1.29, 1.82) is 0 Å². The normalized spacial score (nSPS) is 10.8. The van der Waals surface area contributed by atoms with Gasteiger partial charge in [-0.3, -0.25) is 4.79 Å². The largest absolute Gasteiger partial charge is 0.356 e. The maximum atomic E-state index is 11.3. The maximum absolute atomic E-state index is 11.3. The van der Waals surface area contributed by atoms with Crippen LogP contribution in [0.2, 0.25) is 0 Å². The molecule has 0 atom stereocenters. The Kier molecular flexibility index (Phi) is 3.97. The first-order valence-corrected chi connectivity index (χ1v) is 6.41. The molecule has 2 N–H and O–H groups in total. The summed E-state index contributed by atoms with van der Waals surface area (Å²) in [4.78, 5) is 18.9. The zero-order chi connectivity index (χ0) is 13.0. The van der Waals surface area contributed by atoms with E-state index in [1.807, 2.05) is 19.9 Å². The van der Waals surface area contributed by atoms with Crippen LogP contribution in [-0.4, -0.2) is 22.4 Å². The summed E-state index contributed by atoms with van der Waals surface area (Å²) in [6.07, 6.45) is 2.35. The van der Waals surface area contributed by atoms with Gasteiger partial charge >= 0.3 is 0 Å². The second-order valence-electron chi connectivity index (χ2n) is 4.52. The number of carbonyl (C=O) groups is 1. The Morgan fingerprint density at radius 1 is 1.44 bits per heavy atom. The van der Waals surface area contributed by atoms with Gasteiger partial charge in [0.1, 0.15) is 5.82 Å². The van der Waals surface area contributed by atoms with E-state index in [1.54, 1.807) is 0 Å². The van der Waals surface area contributed by atoms with Crippen LogP contribution < -0.4 is 5.32 Å². The van der Waals surface area contributed by atoms with Crippen LogP contribution in [0.3, 0.4) is 0 Å². The smallest absolute Gasteiger partial charge is 0.219 e. The van der Waals surface area contributed by atoms with Crippen molar-refractivity contribution < 1.29 is 4.79 Å². The molecule has 2 aromatic rings. The molecule has 0 spiro atoms. The van der Waals surface area contributed by atoms with Crippen molar-refractivity contribution in [2.75, 3.05) is 6.54 Å². The first-order valence-electron chi connectivity index (χ1n) is 6.41. The topological polar surface area (TPSA) is 57.8 Å². The van der Waals surface area contributed by atoms with E-state index >= 15 is 0 Å². The van der Waals surface area contributed by atoms with Crippen LogP contribution in [0.1, 0.15) is 31.2 Å². The summed E-state index contributed by atoms with van der Waals surface area (Å²) in [5, 5.41) is 2.92. The molecular formula is C14H19N3O. The lowest BCUT2D eigenvalue weighted by atomic mass is 10.1. The number of hydrogen-bond donors (Lipinski definition) is 2. The summed E-state index contributed by atoms with van der Waals surface area (Å²) < 4.78 is 0. The third kappa shape index (κ3) is 3.09. The molecule has 4 heteroatoms. The predicted octanol–water partition coefficient (Wildman–Crippen LogP) is 2.33. The van der Waals surface area contributed by atoms with Crippen molar-refractivity contribution in [3.63, 3.8) is 0 Å². The molecule has 96 valence electrons. The van der Waals surface area contributed by atoms with Crippen molar-refractivity contribution >= 4 is 16.9 Å². The number of fused-ring (bicyclic) bond motifs is 1. The number of amides is 1. The van der Waals surface area contributed by atoms with Crippen LogP contribution in [0.5, 0.6) is 0 Å². The zero-order valence-electron chi connectivity index (χ0n) is 10.9. The minimum atomic E-state index is 0.135. The fourth-order valence-corrected chi connectivity index (χ4v) is 2.00. The van der Waals surface area contributed by atoms with Crippen molar-refractivity contribution in [3.05, 3.63) is 29.6 Å². The molecule has 0 aliphatic rings. The van der Waals surface area contributed by atoms with Gasteiger partial charge in [-0.15, -0.1) is 0 Å². The fraction of sp³-hybridized carbons (Fsp3) is 0.429. The molecule has 1 aromatic heterocycles. The Balaban J connectivity index is 1.93. The Morgan fingerprint density at radius 3 is 3.06 bits per heavy atom. The quantitative estimate of drug-likeness (QED) is 0.849. The lowest BCUT2D eigenvalue weighted by Gasteiger charge is -2.04. The van der Waals surface area contributed by atoms with Gasteiger partial charge in [0.25, 0.3) is 0 Å². The van der Waals surface area contributed by atoms with Crippen LogP contribution in [0.4, 0.5) is 0 Å². The molecule has 0 saturated carbocycles. The Morgan fingerprint density at radius 2 is 2.28 bits per heavy atom. The van der Waals surface area contributed by atoms with Gasteiger partial charge in [0.2, 0.25) is 5.91 Å². The monoisotopic (exact) mass is 245 g/mol. The molecule has 0 unspecified atom stereocenters. The summed E-state index contributed by atoms with van der Waals surface area (Å²) in [5.41, 5.74) is 3.26. The third-order valence-electron chi connectivity index (χ3n) is 2.88. The van der Waals surface area contributed by atoms with E-state index in [9.17, 15) is 4.79 Å². The van der Waals surface area contributed by atoms with Crippen LogP contribution in [0.25, 0.3) is 11.0 Å². The van der Waals surface area contributed by atoms with Crippen LogP contribution >= 0.6 is 0 Å². The highest BCUT2D eigenvalue weighted by Gasteiger charge is 2.02. The van der Waals surface area contributed by atoms with Gasteiger partial charge in [0, 0.05) is 13.0 Å². The van der Waals surface area contributed by atoms with Gasteiger partial charge in [0.05, 0.1) is 11.0 Å². The number of carbonyl (C=O) groups excluding carboxylic acids is 1. The number of benzene rings is 1. The van der Waals surface area contributed by atoms with E-state index in [1.165, 1.54) is 5.56 Å². The summed E-state index contributed by atoms with van der Waals surface area (Å²) >= 11 is 0. The van der Waals surface area contributed by atoms with Crippen LogP contribution in [0.15, 0.2) is 18.2 Å². The molecule has 2 rings (SSSR count). The number of nitrogens with one attached hydrogen (secondary N) is 2. The standard InChI is InChI=1S/C14H19N3O/c1-3-4-14(18)15-8-7-11-5-6-12-13(9-11)17-10(2)16-12/h5-6,9H,3-4,7-8H2,1-2H3,(H,15,18)(H,16,17). The zero-order valence-corrected chi connectivity index (χ0v) is 10.9. The molecule has 0 fully saturated rings. The Hall–Kier alpha value is -1.84. The van der Waals surface area contributed by atoms with Gasteiger partial charge in [-0.2, -0.15) is 0 Å². The van der Waals surface area contributed by atoms with Crippen molar-refractivity contribution in [1.82, 2.24) is 15.3 Å². The van der Waals surface area contributed by atoms with E-state index in [4.69, 9.17) is 0 Å². The van der Waals surface area contributed by atoms with E-state index in [-0.39, 0.29) is 5.91 Å². The molecule has 0 bridgehead atoms. The van der Waals surface area contributed by atoms with Crippen molar-refractivity contribution in [2.24, 2.45) is 0 Å². The average molecular weight is 245 g/mol. The summed E-state index contributed by atoms with van der Waals surface area (Å²) in [6, 6.07) is 6.18. The highest BCUT2D eigenvalue weighted by Crippen LogP contribution is 2.13. The number of H-pyrrole nitrogens is 1. The molecule has 18 heavy (non-hydrogen) atoms. The van der Waals surface area contributed by atoms with Crippen LogP contribution in [0, 0.1) is 6.92 Å². The third-order valence-corrected chi connectivity index (χ3v) is 2.88. The second kappa shape index (κ2) is 5.67. The Labute approximate surface area is 107 Å². The predicted molar refractivity (Wildman–Crippen MR) is 72.5 cm³/mol. The number of hydrogen-bond acceptors (Lipinski definition) is 2. The summed E-state index contributed by atoms with van der Waals surface area (Å²) in [6.45, 7) is 4.65. The first-order chi connectivity index (χ1) is 8.69. The molecule has 0 radical (unpaired) electrons. The lowest BCUT2D eigenvalue weighted by molar-refractivity contribution is -0.121. The summed E-state index contributed by atoms with van der Waals surface area (Å²) in [5.74, 6) is 1.06. The molecule has 1 aromatic carbocycles. The van der Waals surface area contributed by atoms with Gasteiger partial charge in [0.15, 0.2) is 0 Å². The minimum Gasteiger partial charge on any atom is -0.356 e. The molecule has 0 aliphatic carbocycles. The second-order valence-corrected chi connectivity index (χ2v) is 4.52. The van der Waals surface area contributed by atoms with E-state index in [0.717, 1.165) is 29.7 Å². The fourth-order valence-electron chi connectivity index (χ4n) is 2.00. The Bertz CT molecular complexity index is 545. The van der Waals surface area contributed by atoms with Crippen LogP contribution in [-0.2, 0) is 11.2 Å². The number of nitrogens with zero attached hydrogens (tertiary/aromatic N) is 1. The number of rotatable bonds is 5. The van der Waals surface area contributed by atoms with Gasteiger partial charge in [-0.25, -0.2) is 4.98 Å². The number of aromatic nitrogens is 2. The highest BCUT2D eigenvalue weighted by molar-refractivity contribution is 5.76. The molecule has 1 heterocycles. The van der Waals surface area contributed by atoms with E-state index in [2.05, 4.69) is 27.4 Å². The highest BCUT2D eigenvalue weighted by atomic mass is 16.1. The van der Waals surface area contributed by atoms with Gasteiger partial charge in [-0.05, 0) is 37.5 Å².